The molecular formula is C33H40N2P2. The van der Waals surface area contributed by atoms with Crippen molar-refractivity contribution in [2.45, 2.75) is 75.5 Å². The Bertz CT molecular complexity index is 1130. The first-order chi connectivity index (χ1) is 18.4. The molecule has 0 saturated heterocycles. The van der Waals surface area contributed by atoms with E-state index in [1.165, 1.54) is 80.1 Å². The van der Waals surface area contributed by atoms with Crippen molar-refractivity contribution < 1.29 is 0 Å². The van der Waals surface area contributed by atoms with Crippen molar-refractivity contribution in [3.63, 3.8) is 0 Å². The summed E-state index contributed by atoms with van der Waals surface area (Å²) in [6.45, 7) is 0. The first-order valence-corrected chi connectivity index (χ1v) is 18.7. The van der Waals surface area contributed by atoms with Gasteiger partial charge in [-0.3, -0.25) is 0 Å². The molecule has 0 unspecified atom stereocenters. The van der Waals surface area contributed by atoms with Crippen LogP contribution < -0.4 is 15.9 Å². The Morgan fingerprint density at radius 3 is 1.32 bits per heavy atom. The SMILES string of the molecule is c1ccc(P(c2ccccc2)(c2ccccc2)(n2ccnc2)P(C2CCCCC2)C2CCCCC2)cc1. The summed E-state index contributed by atoms with van der Waals surface area (Å²) in [7, 11) is -0.455. The van der Waals surface area contributed by atoms with Gasteiger partial charge in [-0.05, 0) is 0 Å². The average molecular weight is 527 g/mol. The van der Waals surface area contributed by atoms with Gasteiger partial charge in [0.2, 0.25) is 0 Å². The molecule has 0 spiro atoms. The van der Waals surface area contributed by atoms with Crippen LogP contribution in [0.5, 0.6) is 0 Å². The van der Waals surface area contributed by atoms with Crippen molar-refractivity contribution in [3.05, 3.63) is 110 Å². The fraction of sp³-hybridized carbons (Fsp3) is 0.364. The topological polar surface area (TPSA) is 17.8 Å². The number of benzene rings is 3. The summed E-state index contributed by atoms with van der Waals surface area (Å²) in [5.41, 5.74) is 1.54. The zero-order valence-corrected chi connectivity index (χ0v) is 23.7. The van der Waals surface area contributed by atoms with Crippen LogP contribution in [0.2, 0.25) is 0 Å². The summed E-state index contributed by atoms with van der Waals surface area (Å²) in [4.78, 5) is 4.79. The van der Waals surface area contributed by atoms with Crippen molar-refractivity contribution >= 4 is 30.0 Å². The third kappa shape index (κ3) is 3.95. The Kier molecular flexibility index (Phi) is 7.34. The molecule has 0 N–H and O–H groups in total. The van der Waals surface area contributed by atoms with Crippen LogP contribution in [-0.2, 0) is 0 Å². The van der Waals surface area contributed by atoms with Gasteiger partial charge in [0, 0.05) is 0 Å². The van der Waals surface area contributed by atoms with Gasteiger partial charge in [0.25, 0.3) is 0 Å². The molecule has 4 heteroatoms. The van der Waals surface area contributed by atoms with Crippen LogP contribution in [0.25, 0.3) is 0 Å². The summed E-state index contributed by atoms with van der Waals surface area (Å²) in [5.74, 6) is 0. The molecule has 37 heavy (non-hydrogen) atoms. The molecule has 0 atom stereocenters. The number of aromatic nitrogens is 2. The van der Waals surface area contributed by atoms with Gasteiger partial charge in [0.15, 0.2) is 0 Å². The molecular weight excluding hydrogens is 486 g/mol. The van der Waals surface area contributed by atoms with Crippen molar-refractivity contribution in [1.29, 1.82) is 0 Å². The molecule has 2 aliphatic carbocycles. The van der Waals surface area contributed by atoms with E-state index in [2.05, 4.69) is 108 Å². The first kappa shape index (κ1) is 25.0. The second kappa shape index (κ2) is 10.8. The van der Waals surface area contributed by atoms with Gasteiger partial charge < -0.3 is 0 Å². The molecule has 0 bridgehead atoms. The van der Waals surface area contributed by atoms with Crippen LogP contribution in [0, 0.1) is 0 Å². The van der Waals surface area contributed by atoms with Gasteiger partial charge >= 0.3 is 225 Å². The third-order valence-corrected chi connectivity index (χ3v) is 24.8. The molecule has 0 aliphatic heterocycles. The molecule has 0 amide bonds. The number of imidazole rings is 1. The standard InChI is InChI=1S/C33H40N2P2/c1-6-16-29(17-7-1)36(30-18-8-2-9-19-30)37(35-27-26-34-28-35,31-20-10-3-11-21-31,32-22-12-4-13-23-32)33-24-14-5-15-25-33/h3-5,10-15,20-30H,1-2,6-9,16-19H2. The molecule has 2 fully saturated rings. The molecule has 0 radical (unpaired) electrons. The molecule has 2 saturated carbocycles. The molecule has 192 valence electrons. The van der Waals surface area contributed by atoms with Crippen molar-refractivity contribution in [3.8, 4) is 0 Å². The summed E-state index contributed by atoms with van der Waals surface area (Å²) in [6, 6.07) is 35.1. The monoisotopic (exact) mass is 526 g/mol. The number of nitrogens with zero attached hydrogens (tertiary/aromatic N) is 2. The average Bonchev–Trinajstić information content (AvgIpc) is 3.54. The van der Waals surface area contributed by atoms with E-state index in [-0.39, 0.29) is 0 Å². The van der Waals surface area contributed by atoms with Crippen molar-refractivity contribution in [2.24, 2.45) is 0 Å². The van der Waals surface area contributed by atoms with Gasteiger partial charge in [-0.15, -0.1) is 0 Å². The van der Waals surface area contributed by atoms with Crippen LogP contribution in [0.3, 0.4) is 0 Å². The first-order valence-electron chi connectivity index (χ1n) is 14.3. The molecule has 2 nitrogen and oxygen atoms in total. The van der Waals surface area contributed by atoms with E-state index in [1.54, 1.807) is 0 Å². The van der Waals surface area contributed by atoms with Gasteiger partial charge in [-0.1, -0.05) is 0 Å². The Morgan fingerprint density at radius 2 is 0.973 bits per heavy atom. The van der Waals surface area contributed by atoms with E-state index in [4.69, 9.17) is 4.98 Å². The van der Waals surface area contributed by atoms with Crippen molar-refractivity contribution in [1.82, 2.24) is 9.32 Å². The molecule has 6 rings (SSSR count). The van der Waals surface area contributed by atoms with E-state index in [0.29, 0.717) is 0 Å². The van der Waals surface area contributed by atoms with Crippen LogP contribution in [0.15, 0.2) is 110 Å². The molecule has 1 aromatic heterocycles. The predicted octanol–water partition coefficient (Wildman–Crippen LogP) is 8.24. The molecule has 4 aromatic rings. The predicted molar refractivity (Wildman–Crippen MR) is 163 cm³/mol. The van der Waals surface area contributed by atoms with Gasteiger partial charge in [0.05, 0.1) is 0 Å². The van der Waals surface area contributed by atoms with Crippen molar-refractivity contribution in [2.75, 3.05) is 0 Å². The Hall–Kier alpha value is -2.27. The van der Waals surface area contributed by atoms with Crippen LogP contribution in [-0.4, -0.2) is 20.6 Å². The summed E-state index contributed by atoms with van der Waals surface area (Å²) < 4.78 is 2.68. The summed E-state index contributed by atoms with van der Waals surface area (Å²) >= 11 is 0. The number of rotatable bonds is 7. The van der Waals surface area contributed by atoms with Gasteiger partial charge in [-0.25, -0.2) is 0 Å². The van der Waals surface area contributed by atoms with Gasteiger partial charge in [0.1, 0.15) is 0 Å². The van der Waals surface area contributed by atoms with E-state index in [9.17, 15) is 0 Å². The van der Waals surface area contributed by atoms with Crippen LogP contribution >= 0.6 is 14.1 Å². The second-order valence-corrected chi connectivity index (χ2v) is 20.9. The normalized spacial score (nSPS) is 18.9. The van der Waals surface area contributed by atoms with Crippen LogP contribution in [0.1, 0.15) is 64.2 Å². The zero-order chi connectivity index (χ0) is 25.0. The minimum atomic E-state index is -3.23. The van der Waals surface area contributed by atoms with Gasteiger partial charge in [-0.2, -0.15) is 0 Å². The molecule has 3 aromatic carbocycles. The Morgan fingerprint density at radius 1 is 0.568 bits per heavy atom. The van der Waals surface area contributed by atoms with E-state index in [1.807, 2.05) is 6.20 Å². The fourth-order valence-corrected chi connectivity index (χ4v) is 26.6. The maximum absolute atomic E-state index is 4.79. The zero-order valence-electron chi connectivity index (χ0n) is 21.9. The number of hydrogen-bond acceptors (Lipinski definition) is 1. The Labute approximate surface area is 224 Å². The quantitative estimate of drug-likeness (QED) is 0.222. The molecule has 1 heterocycles. The molecule has 2 aliphatic rings. The summed E-state index contributed by atoms with van der Waals surface area (Å²) in [5, 5.41) is 4.56. The van der Waals surface area contributed by atoms with Crippen LogP contribution in [0.4, 0.5) is 0 Å². The maximum atomic E-state index is 4.79. The number of hydrogen-bond donors (Lipinski definition) is 0. The van der Waals surface area contributed by atoms with E-state index < -0.39 is 14.1 Å². The third-order valence-electron chi connectivity index (χ3n) is 9.02. The second-order valence-electron chi connectivity index (χ2n) is 10.9. The fourth-order valence-electron chi connectivity index (χ4n) is 7.61. The van der Waals surface area contributed by atoms with E-state index >= 15 is 0 Å². The Balaban J connectivity index is 1.83. The van der Waals surface area contributed by atoms with E-state index in [0.717, 1.165) is 11.3 Å². The minimum absolute atomic E-state index is 0.455. The summed E-state index contributed by atoms with van der Waals surface area (Å²) in [6.07, 6.45) is 17.1.